The Labute approximate surface area is 147 Å². The minimum absolute atomic E-state index is 0.274. The zero-order chi connectivity index (χ0) is 17.9. The number of alkyl halides is 2. The zero-order valence-corrected chi connectivity index (χ0v) is 14.7. The van der Waals surface area contributed by atoms with Crippen molar-refractivity contribution in [2.75, 3.05) is 13.7 Å². The van der Waals surface area contributed by atoms with Crippen LogP contribution in [0.15, 0.2) is 22.7 Å². The van der Waals surface area contributed by atoms with Crippen molar-refractivity contribution in [2.45, 2.75) is 25.2 Å². The third-order valence-electron chi connectivity index (χ3n) is 4.11. The molecule has 1 aromatic rings. The van der Waals surface area contributed by atoms with Gasteiger partial charge in [0.25, 0.3) is 0 Å². The van der Waals surface area contributed by atoms with E-state index < -0.39 is 42.4 Å². The number of carbonyl (C=O) groups excluding carboxylic acids is 2. The van der Waals surface area contributed by atoms with E-state index in [1.807, 2.05) is 18.2 Å². The summed E-state index contributed by atoms with van der Waals surface area (Å²) in [6.45, 7) is 0.274. The molecular weight excluding hydrogens is 386 g/mol. The molecule has 3 N–H and O–H groups in total. The Morgan fingerprint density at radius 3 is 2.67 bits per heavy atom. The van der Waals surface area contributed by atoms with Crippen LogP contribution >= 0.6 is 15.9 Å². The van der Waals surface area contributed by atoms with Gasteiger partial charge in [0.05, 0.1) is 11.6 Å². The van der Waals surface area contributed by atoms with Crippen molar-refractivity contribution in [1.82, 2.24) is 5.32 Å². The Morgan fingerprint density at radius 1 is 1.46 bits per heavy atom. The van der Waals surface area contributed by atoms with E-state index in [0.717, 1.165) is 10.0 Å². The first-order valence-electron chi connectivity index (χ1n) is 7.51. The quantitative estimate of drug-likeness (QED) is 0.683. The van der Waals surface area contributed by atoms with E-state index in [9.17, 15) is 18.4 Å². The lowest BCUT2D eigenvalue weighted by atomic mass is 9.72. The van der Waals surface area contributed by atoms with Crippen LogP contribution in [0.25, 0.3) is 0 Å². The van der Waals surface area contributed by atoms with Gasteiger partial charge in [-0.15, -0.1) is 0 Å². The summed E-state index contributed by atoms with van der Waals surface area (Å²) in [7, 11) is 1.55. The van der Waals surface area contributed by atoms with E-state index in [2.05, 4.69) is 21.2 Å². The summed E-state index contributed by atoms with van der Waals surface area (Å²) in [5.74, 6) is -5.47. The van der Waals surface area contributed by atoms with Gasteiger partial charge in [0, 0.05) is 19.4 Å². The molecule has 0 aliphatic heterocycles. The molecule has 0 radical (unpaired) electrons. The predicted octanol–water partition coefficient (Wildman–Crippen LogP) is 2.26. The lowest BCUT2D eigenvalue weighted by molar-refractivity contribution is -0.153. The van der Waals surface area contributed by atoms with Crippen LogP contribution in [-0.4, -0.2) is 31.4 Å². The van der Waals surface area contributed by atoms with Crippen LogP contribution in [0.1, 0.15) is 18.4 Å². The third-order valence-corrected chi connectivity index (χ3v) is 4.77. The summed E-state index contributed by atoms with van der Waals surface area (Å²) >= 11 is 3.35. The second-order valence-electron chi connectivity index (χ2n) is 5.91. The van der Waals surface area contributed by atoms with Crippen LogP contribution in [0.5, 0.6) is 5.75 Å². The van der Waals surface area contributed by atoms with Crippen molar-refractivity contribution < 1.29 is 23.1 Å². The molecule has 0 spiro atoms. The van der Waals surface area contributed by atoms with Crippen molar-refractivity contribution in [1.29, 1.82) is 0 Å². The second kappa shape index (κ2) is 7.46. The van der Waals surface area contributed by atoms with E-state index in [-0.39, 0.29) is 6.54 Å². The number of hydrogen-bond donors (Lipinski definition) is 2. The fourth-order valence-corrected chi connectivity index (χ4v) is 3.23. The molecular formula is C16H19BrF2N2O3. The Morgan fingerprint density at radius 2 is 2.12 bits per heavy atom. The molecule has 2 rings (SSSR count). The van der Waals surface area contributed by atoms with Gasteiger partial charge in [-0.1, -0.05) is 6.07 Å². The number of halogens is 3. The number of primary amides is 1. The summed E-state index contributed by atoms with van der Waals surface area (Å²) < 4.78 is 31.9. The number of ether oxygens (including phenoxy) is 1. The van der Waals surface area contributed by atoms with Crippen molar-refractivity contribution >= 4 is 27.7 Å². The fourth-order valence-electron chi connectivity index (χ4n) is 2.82. The molecule has 24 heavy (non-hydrogen) atoms. The highest BCUT2D eigenvalue weighted by molar-refractivity contribution is 9.10. The van der Waals surface area contributed by atoms with E-state index in [1.165, 1.54) is 0 Å². The number of benzene rings is 1. The topological polar surface area (TPSA) is 81.4 Å². The minimum atomic E-state index is -2.80. The molecule has 1 fully saturated rings. The molecule has 0 saturated heterocycles. The normalized spacial score (nSPS) is 17.7. The zero-order valence-electron chi connectivity index (χ0n) is 13.2. The summed E-state index contributed by atoms with van der Waals surface area (Å²) in [4.78, 5) is 23.5. The van der Waals surface area contributed by atoms with Crippen LogP contribution in [0.3, 0.4) is 0 Å². The van der Waals surface area contributed by atoms with Gasteiger partial charge in [0.1, 0.15) is 11.7 Å². The van der Waals surface area contributed by atoms with Crippen molar-refractivity contribution in [3.05, 3.63) is 28.2 Å². The van der Waals surface area contributed by atoms with Gasteiger partial charge >= 0.3 is 0 Å². The Bertz CT molecular complexity index is 632. The first-order valence-corrected chi connectivity index (χ1v) is 8.30. The SMILES string of the molecule is COc1cc(CCNC(=O)C(C(N)=O)C2CC(F)(F)C2)ccc1Br. The summed E-state index contributed by atoms with van der Waals surface area (Å²) in [5, 5.41) is 2.60. The predicted molar refractivity (Wildman–Crippen MR) is 87.8 cm³/mol. The third kappa shape index (κ3) is 4.43. The average Bonchev–Trinajstić information content (AvgIpc) is 2.47. The highest BCUT2D eigenvalue weighted by Gasteiger charge is 2.51. The summed E-state index contributed by atoms with van der Waals surface area (Å²) in [6.07, 6.45) is -0.433. The standard InChI is InChI=1S/C16H19BrF2N2O3/c1-24-12-6-9(2-3-11(12)17)4-5-21-15(23)13(14(20)22)10-7-16(18,19)8-10/h2-3,6,10,13H,4-5,7-8H2,1H3,(H2,20,22)(H,21,23). The highest BCUT2D eigenvalue weighted by Crippen LogP contribution is 2.46. The van der Waals surface area contributed by atoms with Gasteiger partial charge in [-0.25, -0.2) is 8.78 Å². The lowest BCUT2D eigenvalue weighted by Crippen LogP contribution is -2.50. The van der Waals surface area contributed by atoms with Crippen LogP contribution in [-0.2, 0) is 16.0 Å². The van der Waals surface area contributed by atoms with Gasteiger partial charge < -0.3 is 15.8 Å². The van der Waals surface area contributed by atoms with Gasteiger partial charge in [0.2, 0.25) is 17.7 Å². The Balaban J connectivity index is 1.88. The van der Waals surface area contributed by atoms with Gasteiger partial charge in [-0.3, -0.25) is 9.59 Å². The maximum atomic E-state index is 13.0. The molecule has 1 aliphatic rings. The molecule has 2 amide bonds. The fraction of sp³-hybridized carbons (Fsp3) is 0.500. The second-order valence-corrected chi connectivity index (χ2v) is 6.77. The smallest absolute Gasteiger partial charge is 0.248 e. The van der Waals surface area contributed by atoms with E-state index in [4.69, 9.17) is 10.5 Å². The molecule has 0 heterocycles. The number of rotatable bonds is 7. The van der Waals surface area contributed by atoms with Gasteiger partial charge in [-0.05, 0) is 46.0 Å². The van der Waals surface area contributed by atoms with Crippen LogP contribution in [0, 0.1) is 11.8 Å². The molecule has 1 saturated carbocycles. The summed E-state index contributed by atoms with van der Waals surface area (Å²) in [5.41, 5.74) is 6.14. The maximum absolute atomic E-state index is 13.0. The average molecular weight is 405 g/mol. The van der Waals surface area contributed by atoms with E-state index in [1.54, 1.807) is 7.11 Å². The Kier molecular flexibility index (Phi) is 5.79. The van der Waals surface area contributed by atoms with Crippen LogP contribution in [0.4, 0.5) is 8.78 Å². The first-order chi connectivity index (χ1) is 11.2. The number of carbonyl (C=O) groups is 2. The van der Waals surface area contributed by atoms with Crippen LogP contribution in [0.2, 0.25) is 0 Å². The molecule has 5 nitrogen and oxygen atoms in total. The highest BCUT2D eigenvalue weighted by atomic mass is 79.9. The molecule has 1 atom stereocenters. The maximum Gasteiger partial charge on any atom is 0.248 e. The molecule has 1 unspecified atom stereocenters. The number of amides is 2. The van der Waals surface area contributed by atoms with Gasteiger partial charge in [-0.2, -0.15) is 0 Å². The monoisotopic (exact) mass is 404 g/mol. The number of nitrogens with two attached hydrogens (primary N) is 1. The van der Waals surface area contributed by atoms with E-state index in [0.29, 0.717) is 12.2 Å². The Hall–Kier alpha value is -1.70. The molecule has 132 valence electrons. The number of nitrogens with one attached hydrogen (secondary N) is 1. The number of hydrogen-bond acceptors (Lipinski definition) is 3. The largest absolute Gasteiger partial charge is 0.496 e. The van der Waals surface area contributed by atoms with Crippen molar-refractivity contribution in [3.63, 3.8) is 0 Å². The lowest BCUT2D eigenvalue weighted by Gasteiger charge is -2.38. The molecule has 8 heteroatoms. The summed E-state index contributed by atoms with van der Waals surface area (Å²) in [6, 6.07) is 5.53. The minimum Gasteiger partial charge on any atom is -0.496 e. The van der Waals surface area contributed by atoms with Crippen LogP contribution < -0.4 is 15.8 Å². The molecule has 0 aromatic heterocycles. The van der Waals surface area contributed by atoms with Crippen molar-refractivity contribution in [3.8, 4) is 5.75 Å². The van der Waals surface area contributed by atoms with Gasteiger partial charge in [0.15, 0.2) is 0 Å². The first kappa shape index (κ1) is 18.6. The molecule has 1 aromatic carbocycles. The molecule has 0 bridgehead atoms. The number of methoxy groups -OCH3 is 1. The van der Waals surface area contributed by atoms with Crippen molar-refractivity contribution in [2.24, 2.45) is 17.6 Å². The molecule has 1 aliphatic carbocycles. The van der Waals surface area contributed by atoms with E-state index >= 15 is 0 Å².